The molecule has 2 aliphatic rings. The van der Waals surface area contributed by atoms with Crippen molar-refractivity contribution in [2.75, 3.05) is 26.2 Å². The van der Waals surface area contributed by atoms with E-state index < -0.39 is 41.4 Å². The van der Waals surface area contributed by atoms with E-state index in [4.69, 9.17) is 15.2 Å². The van der Waals surface area contributed by atoms with Gasteiger partial charge in [-0.3, -0.25) is 4.79 Å². The normalized spacial score (nSPS) is 19.7. The van der Waals surface area contributed by atoms with Crippen LogP contribution < -0.4 is 15.8 Å². The van der Waals surface area contributed by atoms with Gasteiger partial charge in [0.1, 0.15) is 35.1 Å². The quantitative estimate of drug-likeness (QED) is 0.250. The Labute approximate surface area is 272 Å². The van der Waals surface area contributed by atoms with Gasteiger partial charge in [0.15, 0.2) is 0 Å². The van der Waals surface area contributed by atoms with Crippen LogP contribution in [0.25, 0.3) is 0 Å². The third-order valence-corrected chi connectivity index (χ3v) is 8.86. The summed E-state index contributed by atoms with van der Waals surface area (Å²) in [5.41, 5.74) is 5.30. The molecular formula is C34H51FN6O5. The molecule has 11 nitrogen and oxygen atoms in total. The van der Waals surface area contributed by atoms with E-state index in [-0.39, 0.29) is 17.5 Å². The van der Waals surface area contributed by atoms with Gasteiger partial charge in [-0.05, 0) is 76.3 Å². The number of amides is 4. The minimum atomic E-state index is -1.13. The van der Waals surface area contributed by atoms with Gasteiger partial charge >= 0.3 is 12.1 Å². The van der Waals surface area contributed by atoms with Crippen molar-refractivity contribution in [3.8, 4) is 11.8 Å². The first-order valence-electron chi connectivity index (χ1n) is 16.4. The number of halogens is 1. The van der Waals surface area contributed by atoms with E-state index in [9.17, 15) is 19.6 Å². The molecule has 12 heteroatoms. The molecule has 0 bridgehead atoms. The molecule has 2 aliphatic heterocycles. The number of benzene rings is 1. The van der Waals surface area contributed by atoms with E-state index in [2.05, 4.69) is 23.3 Å². The maximum absolute atomic E-state index is 15.5. The number of hydrogen-bond acceptors (Lipinski definition) is 6. The first-order valence-corrected chi connectivity index (χ1v) is 16.4. The van der Waals surface area contributed by atoms with Crippen molar-refractivity contribution in [2.45, 2.75) is 104 Å². The molecule has 0 saturated carbocycles. The summed E-state index contributed by atoms with van der Waals surface area (Å²) in [5.74, 6) is -0.237. The zero-order chi connectivity index (χ0) is 34.2. The minimum Gasteiger partial charge on any atom is -0.493 e. The van der Waals surface area contributed by atoms with E-state index in [1.165, 1.54) is 11.0 Å². The largest absolute Gasteiger partial charge is 0.493 e. The van der Waals surface area contributed by atoms with Crippen molar-refractivity contribution in [1.29, 1.82) is 5.26 Å². The zero-order valence-electron chi connectivity index (χ0n) is 28.3. The molecule has 0 unspecified atom stereocenters. The van der Waals surface area contributed by atoms with Crippen LogP contribution in [-0.4, -0.2) is 77.6 Å². The lowest BCUT2D eigenvalue weighted by Gasteiger charge is -2.34. The fraction of sp³-hybridized carbons (Fsp3) is 0.676. The number of ether oxygens (including phenoxy) is 2. The van der Waals surface area contributed by atoms with Gasteiger partial charge in [0.2, 0.25) is 5.91 Å². The fourth-order valence-electron chi connectivity index (χ4n) is 5.89. The van der Waals surface area contributed by atoms with Crippen LogP contribution in [0.15, 0.2) is 23.2 Å². The summed E-state index contributed by atoms with van der Waals surface area (Å²) in [6.45, 7) is 14.8. The summed E-state index contributed by atoms with van der Waals surface area (Å²) >= 11 is 0. The number of amidine groups is 1. The number of nitrogens with two attached hydrogens (primary N) is 1. The summed E-state index contributed by atoms with van der Waals surface area (Å²) in [6, 6.07) is 4.68. The van der Waals surface area contributed by atoms with Crippen molar-refractivity contribution in [2.24, 2.45) is 28.5 Å². The predicted octanol–water partition coefficient (Wildman–Crippen LogP) is 5.59. The Kier molecular flexibility index (Phi) is 12.8. The molecule has 2 heterocycles. The SMILES string of the molecule is CC(C)C(N)=NC(=O)N1CCC([C@H](C)CCOc2ccc([C@H](C)[C@H](NC(=O)OC(C)(C)C)C(=O)N3CCC[C@H]3C#N)c(F)c2)CC1. The predicted molar refractivity (Wildman–Crippen MR) is 174 cm³/mol. The number of carbonyl (C=O) groups is 3. The number of nitrogens with one attached hydrogen (secondary N) is 1. The van der Waals surface area contributed by atoms with Gasteiger partial charge in [-0.2, -0.15) is 10.3 Å². The number of likely N-dealkylation sites (tertiary alicyclic amines) is 2. The molecule has 3 N–H and O–H groups in total. The first-order chi connectivity index (χ1) is 21.6. The van der Waals surface area contributed by atoms with E-state index in [0.717, 1.165) is 19.3 Å². The number of urea groups is 1. The number of nitriles is 1. The van der Waals surface area contributed by atoms with Crippen molar-refractivity contribution in [3.05, 3.63) is 29.6 Å². The molecule has 2 fully saturated rings. The highest BCUT2D eigenvalue weighted by atomic mass is 19.1. The van der Waals surface area contributed by atoms with Crippen molar-refractivity contribution >= 4 is 23.9 Å². The van der Waals surface area contributed by atoms with Gasteiger partial charge in [-0.1, -0.05) is 33.8 Å². The molecule has 1 aromatic rings. The Bertz CT molecular complexity index is 1300. The maximum atomic E-state index is 15.5. The topological polar surface area (TPSA) is 150 Å². The Morgan fingerprint density at radius 1 is 1.13 bits per heavy atom. The number of nitrogens with zero attached hydrogens (tertiary/aromatic N) is 4. The molecule has 1 aromatic carbocycles. The Balaban J connectivity index is 1.59. The molecule has 3 rings (SSSR count). The number of hydrogen-bond donors (Lipinski definition) is 2. The van der Waals surface area contributed by atoms with E-state index in [1.54, 1.807) is 44.7 Å². The van der Waals surface area contributed by atoms with Crippen molar-refractivity contribution < 1.29 is 28.2 Å². The molecule has 4 amide bonds. The Morgan fingerprint density at radius 2 is 1.80 bits per heavy atom. The van der Waals surface area contributed by atoms with Crippen LogP contribution >= 0.6 is 0 Å². The summed E-state index contributed by atoms with van der Waals surface area (Å²) in [7, 11) is 0. The van der Waals surface area contributed by atoms with E-state index in [1.807, 2.05) is 13.8 Å². The van der Waals surface area contributed by atoms with Crippen LogP contribution in [0.5, 0.6) is 5.75 Å². The van der Waals surface area contributed by atoms with Gasteiger partial charge in [-0.25, -0.2) is 14.0 Å². The average Bonchev–Trinajstić information content (AvgIpc) is 3.47. The molecule has 46 heavy (non-hydrogen) atoms. The van der Waals surface area contributed by atoms with Crippen LogP contribution in [-0.2, 0) is 9.53 Å². The summed E-state index contributed by atoms with van der Waals surface area (Å²) in [5, 5.41) is 12.2. The highest BCUT2D eigenvalue weighted by Gasteiger charge is 2.38. The van der Waals surface area contributed by atoms with Crippen molar-refractivity contribution in [3.63, 3.8) is 0 Å². The molecule has 0 radical (unpaired) electrons. The lowest BCUT2D eigenvalue weighted by molar-refractivity contribution is -0.134. The average molecular weight is 643 g/mol. The molecule has 0 spiro atoms. The van der Waals surface area contributed by atoms with Crippen molar-refractivity contribution in [1.82, 2.24) is 15.1 Å². The molecule has 254 valence electrons. The summed E-state index contributed by atoms with van der Waals surface area (Å²) < 4.78 is 26.8. The fourth-order valence-corrected chi connectivity index (χ4v) is 5.89. The van der Waals surface area contributed by atoms with Crippen LogP contribution in [0.1, 0.15) is 92.1 Å². The standard InChI is InChI=1S/C34H51FN6O5/c1-21(2)30(37)39-32(43)40-16-12-24(13-17-40)22(3)14-18-45-26-10-11-27(28(35)19-26)23(4)29(38-33(44)46-34(5,6)7)31(42)41-15-8-9-25(41)20-36/h10-11,19,21-25,29H,8-9,12-18H2,1-7H3,(H,38,44)(H2,37,39,43)/t22-,23+,25+,29+/m1/s1. The number of carbonyl (C=O) groups excluding carboxylic acids is 3. The van der Waals surface area contributed by atoms with Crippen LogP contribution in [0.2, 0.25) is 0 Å². The molecule has 4 atom stereocenters. The number of alkyl carbamates (subject to hydrolysis) is 1. The van der Waals surface area contributed by atoms with Gasteiger partial charge in [0, 0.05) is 37.5 Å². The lowest BCUT2D eigenvalue weighted by Crippen LogP contribution is -2.53. The van der Waals surface area contributed by atoms with E-state index >= 15 is 4.39 Å². The lowest BCUT2D eigenvalue weighted by atomic mass is 9.84. The zero-order valence-corrected chi connectivity index (χ0v) is 28.3. The Hall–Kier alpha value is -3.88. The number of piperidine rings is 1. The number of aliphatic imine (C=N–C) groups is 1. The highest BCUT2D eigenvalue weighted by molar-refractivity contribution is 5.93. The second-order valence-electron chi connectivity index (χ2n) is 13.8. The molecule has 2 saturated heterocycles. The van der Waals surface area contributed by atoms with Crippen LogP contribution in [0, 0.1) is 34.9 Å². The van der Waals surface area contributed by atoms with E-state index in [0.29, 0.717) is 62.5 Å². The third kappa shape index (κ3) is 10.1. The first kappa shape index (κ1) is 36.6. The van der Waals surface area contributed by atoms with Gasteiger partial charge in [0.25, 0.3) is 0 Å². The monoisotopic (exact) mass is 642 g/mol. The van der Waals surface area contributed by atoms with Gasteiger partial charge in [-0.15, -0.1) is 0 Å². The second-order valence-corrected chi connectivity index (χ2v) is 13.8. The Morgan fingerprint density at radius 3 is 2.39 bits per heavy atom. The molecule has 0 aliphatic carbocycles. The smallest absolute Gasteiger partial charge is 0.408 e. The third-order valence-electron chi connectivity index (χ3n) is 8.86. The highest BCUT2D eigenvalue weighted by Crippen LogP contribution is 2.30. The van der Waals surface area contributed by atoms with Crippen LogP contribution in [0.4, 0.5) is 14.0 Å². The minimum absolute atomic E-state index is 0.0231. The molecular weight excluding hydrogens is 591 g/mol. The molecule has 0 aromatic heterocycles. The van der Waals surface area contributed by atoms with Crippen LogP contribution in [0.3, 0.4) is 0 Å². The second kappa shape index (κ2) is 16.1. The number of rotatable bonds is 10. The van der Waals surface area contributed by atoms with Gasteiger partial charge in [0.05, 0.1) is 12.7 Å². The summed E-state index contributed by atoms with van der Waals surface area (Å²) in [4.78, 5) is 45.9. The van der Waals surface area contributed by atoms with Gasteiger partial charge < -0.3 is 30.3 Å². The summed E-state index contributed by atoms with van der Waals surface area (Å²) in [6.07, 6.45) is 2.95. The maximum Gasteiger partial charge on any atom is 0.408 e.